The van der Waals surface area contributed by atoms with Crippen molar-refractivity contribution in [2.24, 2.45) is 0 Å². The van der Waals surface area contributed by atoms with Crippen molar-refractivity contribution < 1.29 is 0 Å². The summed E-state index contributed by atoms with van der Waals surface area (Å²) in [5.74, 6) is 0. The van der Waals surface area contributed by atoms with E-state index in [2.05, 4.69) is 37.0 Å². The maximum Gasteiger partial charge on any atom is 0.0375 e. The lowest BCUT2D eigenvalue weighted by Crippen LogP contribution is -2.00. The van der Waals surface area contributed by atoms with E-state index in [9.17, 15) is 0 Å². The van der Waals surface area contributed by atoms with Crippen LogP contribution in [-0.4, -0.2) is 6.54 Å². The van der Waals surface area contributed by atoms with E-state index in [0.717, 1.165) is 13.0 Å². The summed E-state index contributed by atoms with van der Waals surface area (Å²) >= 11 is 0. The molecule has 0 saturated carbocycles. The van der Waals surface area contributed by atoms with Gasteiger partial charge in [-0.25, -0.2) is 0 Å². The van der Waals surface area contributed by atoms with E-state index in [4.69, 9.17) is 0 Å². The summed E-state index contributed by atoms with van der Waals surface area (Å²) < 4.78 is 0. The van der Waals surface area contributed by atoms with Gasteiger partial charge in [0.2, 0.25) is 0 Å². The molecule has 64 valence electrons. The Morgan fingerprint density at radius 3 is 2.83 bits per heavy atom. The highest BCUT2D eigenvalue weighted by Gasteiger charge is 1.95. The van der Waals surface area contributed by atoms with Gasteiger partial charge in [0.1, 0.15) is 0 Å². The highest BCUT2D eigenvalue weighted by atomic mass is 14.9. The van der Waals surface area contributed by atoms with E-state index in [0.29, 0.717) is 0 Å². The molecule has 0 fully saturated rings. The average molecular weight is 161 g/mol. The number of rotatable bonds is 4. The van der Waals surface area contributed by atoms with Gasteiger partial charge >= 0.3 is 0 Å². The minimum Gasteiger partial charge on any atom is -0.381 e. The van der Waals surface area contributed by atoms with Gasteiger partial charge in [-0.2, -0.15) is 0 Å². The van der Waals surface area contributed by atoms with Crippen LogP contribution >= 0.6 is 0 Å². The minimum absolute atomic E-state index is 0.830. The molecule has 0 amide bonds. The molecule has 1 aromatic rings. The van der Waals surface area contributed by atoms with E-state index in [1.807, 2.05) is 12.1 Å². The molecule has 1 nitrogen and oxygen atoms in total. The Morgan fingerprint density at radius 1 is 1.42 bits per heavy atom. The van der Waals surface area contributed by atoms with Crippen LogP contribution in [0, 0.1) is 0 Å². The molecule has 1 N–H and O–H groups in total. The predicted molar refractivity (Wildman–Crippen MR) is 54.5 cm³/mol. The monoisotopic (exact) mass is 161 g/mol. The third-order valence-corrected chi connectivity index (χ3v) is 1.84. The molecule has 0 spiro atoms. The number of benzene rings is 1. The van der Waals surface area contributed by atoms with Crippen LogP contribution in [0.5, 0.6) is 0 Å². The van der Waals surface area contributed by atoms with Crippen molar-refractivity contribution in [3.05, 3.63) is 42.5 Å². The number of anilines is 1. The molecule has 0 radical (unpaired) electrons. The lowest BCUT2D eigenvalue weighted by atomic mass is 10.1. The Balaban J connectivity index is 2.74. The zero-order chi connectivity index (χ0) is 8.81. The molecule has 0 aliphatic carbocycles. The first-order valence-corrected chi connectivity index (χ1v) is 4.31. The average Bonchev–Trinajstić information content (AvgIpc) is 2.15. The van der Waals surface area contributed by atoms with Gasteiger partial charge in [-0.3, -0.25) is 0 Å². The third kappa shape index (κ3) is 2.12. The maximum atomic E-state index is 3.67. The third-order valence-electron chi connectivity index (χ3n) is 1.84. The van der Waals surface area contributed by atoms with Gasteiger partial charge in [-0.05, 0) is 18.1 Å². The lowest BCUT2D eigenvalue weighted by molar-refractivity contribution is 1.13. The summed E-state index contributed by atoms with van der Waals surface area (Å²) in [6.45, 7) is 6.66. The highest BCUT2D eigenvalue weighted by Crippen LogP contribution is 2.14. The van der Waals surface area contributed by atoms with Crippen molar-refractivity contribution in [3.63, 3.8) is 0 Å². The molecule has 12 heavy (non-hydrogen) atoms. The Bertz CT molecular complexity index is 253. The number of hydrogen-bond acceptors (Lipinski definition) is 1. The van der Waals surface area contributed by atoms with Gasteiger partial charge in [-0.1, -0.05) is 31.2 Å². The van der Waals surface area contributed by atoms with Gasteiger partial charge in [0, 0.05) is 12.2 Å². The molecule has 1 rings (SSSR count). The van der Waals surface area contributed by atoms with Crippen LogP contribution in [0.3, 0.4) is 0 Å². The largest absolute Gasteiger partial charge is 0.381 e. The molecule has 0 aliphatic heterocycles. The van der Waals surface area contributed by atoms with E-state index in [1.165, 1.54) is 11.3 Å². The van der Waals surface area contributed by atoms with Crippen molar-refractivity contribution >= 4 is 5.69 Å². The van der Waals surface area contributed by atoms with Crippen molar-refractivity contribution in [1.29, 1.82) is 0 Å². The number of nitrogens with one attached hydrogen (secondary N) is 1. The normalized spacial score (nSPS) is 9.42. The molecule has 0 unspecified atom stereocenters. The zero-order valence-corrected chi connectivity index (χ0v) is 7.51. The summed E-state index contributed by atoms with van der Waals surface area (Å²) in [4.78, 5) is 0. The molecule has 0 heterocycles. The van der Waals surface area contributed by atoms with Crippen molar-refractivity contribution in [3.8, 4) is 0 Å². The second-order valence-electron chi connectivity index (χ2n) is 2.68. The first-order chi connectivity index (χ1) is 5.88. The number of para-hydroxylation sites is 1. The van der Waals surface area contributed by atoms with E-state index >= 15 is 0 Å². The summed E-state index contributed by atoms with van der Waals surface area (Å²) in [5, 5.41) is 3.30. The van der Waals surface area contributed by atoms with Crippen LogP contribution in [0.25, 0.3) is 0 Å². The maximum absolute atomic E-state index is 3.67. The molecular formula is C11H15N. The van der Waals surface area contributed by atoms with Gasteiger partial charge in [0.05, 0.1) is 0 Å². The zero-order valence-electron chi connectivity index (χ0n) is 7.51. The molecule has 1 heteroatoms. The summed E-state index contributed by atoms with van der Waals surface area (Å²) in [6.07, 6.45) is 2.94. The van der Waals surface area contributed by atoms with Crippen molar-refractivity contribution in [1.82, 2.24) is 0 Å². The lowest BCUT2D eigenvalue weighted by Gasteiger charge is -2.07. The summed E-state index contributed by atoms with van der Waals surface area (Å²) in [5.41, 5.74) is 2.58. The molecule has 0 saturated heterocycles. The van der Waals surface area contributed by atoms with Crippen molar-refractivity contribution in [2.45, 2.75) is 13.3 Å². The first kappa shape index (κ1) is 8.85. The second-order valence-corrected chi connectivity index (χ2v) is 2.68. The van der Waals surface area contributed by atoms with Crippen LogP contribution < -0.4 is 5.32 Å². The van der Waals surface area contributed by atoms with Gasteiger partial charge in [0.25, 0.3) is 0 Å². The SMILES string of the molecule is C=CCNc1ccccc1CC. The van der Waals surface area contributed by atoms with Gasteiger partial charge < -0.3 is 5.32 Å². The summed E-state index contributed by atoms with van der Waals surface area (Å²) in [7, 11) is 0. The molecular weight excluding hydrogens is 146 g/mol. The number of hydrogen-bond donors (Lipinski definition) is 1. The van der Waals surface area contributed by atoms with E-state index < -0.39 is 0 Å². The molecule has 1 aromatic carbocycles. The van der Waals surface area contributed by atoms with Crippen molar-refractivity contribution in [2.75, 3.05) is 11.9 Å². The van der Waals surface area contributed by atoms with E-state index in [-0.39, 0.29) is 0 Å². The Hall–Kier alpha value is -1.24. The highest BCUT2D eigenvalue weighted by molar-refractivity contribution is 5.51. The second kappa shape index (κ2) is 4.60. The van der Waals surface area contributed by atoms with Crippen LogP contribution in [0.2, 0.25) is 0 Å². The Labute approximate surface area is 74.1 Å². The summed E-state index contributed by atoms with van der Waals surface area (Å²) in [6, 6.07) is 8.36. The fraction of sp³-hybridized carbons (Fsp3) is 0.273. The smallest absolute Gasteiger partial charge is 0.0375 e. The van der Waals surface area contributed by atoms with Crippen LogP contribution in [0.15, 0.2) is 36.9 Å². The molecule has 0 atom stereocenters. The number of aryl methyl sites for hydroxylation is 1. The molecule has 0 aliphatic rings. The van der Waals surface area contributed by atoms with Crippen LogP contribution in [0.4, 0.5) is 5.69 Å². The van der Waals surface area contributed by atoms with Gasteiger partial charge in [0.15, 0.2) is 0 Å². The van der Waals surface area contributed by atoms with Crippen LogP contribution in [-0.2, 0) is 6.42 Å². The quantitative estimate of drug-likeness (QED) is 0.669. The Kier molecular flexibility index (Phi) is 3.39. The van der Waals surface area contributed by atoms with Gasteiger partial charge in [-0.15, -0.1) is 6.58 Å². The fourth-order valence-electron chi connectivity index (χ4n) is 1.18. The standard InChI is InChI=1S/C11H15N/c1-3-9-12-11-8-6-5-7-10(11)4-2/h3,5-8,12H,1,4,9H2,2H3. The fourth-order valence-corrected chi connectivity index (χ4v) is 1.18. The minimum atomic E-state index is 0.830. The molecule has 0 aromatic heterocycles. The Morgan fingerprint density at radius 2 is 2.17 bits per heavy atom. The van der Waals surface area contributed by atoms with E-state index in [1.54, 1.807) is 0 Å². The van der Waals surface area contributed by atoms with Crippen LogP contribution in [0.1, 0.15) is 12.5 Å². The predicted octanol–water partition coefficient (Wildman–Crippen LogP) is 2.85. The molecule has 0 bridgehead atoms. The topological polar surface area (TPSA) is 12.0 Å². The first-order valence-electron chi connectivity index (χ1n) is 4.31.